The van der Waals surface area contributed by atoms with Gasteiger partial charge in [0.05, 0.1) is 0 Å². The summed E-state index contributed by atoms with van der Waals surface area (Å²) in [4.78, 5) is 13.9. The third-order valence-electron chi connectivity index (χ3n) is 2.68. The quantitative estimate of drug-likeness (QED) is 0.744. The predicted molar refractivity (Wildman–Crippen MR) is 64.4 cm³/mol. The minimum atomic E-state index is -0.413. The van der Waals surface area contributed by atoms with Crippen LogP contribution in [0.4, 0.5) is 4.79 Å². The second-order valence-corrected chi connectivity index (χ2v) is 5.69. The van der Waals surface area contributed by atoms with Crippen molar-refractivity contribution in [2.45, 2.75) is 46.3 Å². The van der Waals surface area contributed by atoms with E-state index in [1.54, 1.807) is 0 Å². The monoisotopic (exact) mass is 228 g/mol. The Balaban J connectivity index is 2.64. The minimum Gasteiger partial charge on any atom is -0.444 e. The van der Waals surface area contributed by atoms with Crippen LogP contribution in [0.15, 0.2) is 0 Å². The zero-order valence-corrected chi connectivity index (χ0v) is 11.0. The summed E-state index contributed by atoms with van der Waals surface area (Å²) in [6.07, 6.45) is -0.187. The SMILES string of the molecule is CC(C)[C@@H]1CNCCN1C(=O)OC(C)(C)C. The Hall–Kier alpha value is -0.770. The first-order valence-corrected chi connectivity index (χ1v) is 6.01. The molecular formula is C12H24N2O2. The molecular weight excluding hydrogens is 204 g/mol. The number of rotatable bonds is 1. The van der Waals surface area contributed by atoms with Crippen LogP contribution in [0.25, 0.3) is 0 Å². The van der Waals surface area contributed by atoms with E-state index in [0.717, 1.165) is 19.6 Å². The molecule has 0 aliphatic carbocycles. The highest BCUT2D eigenvalue weighted by molar-refractivity contribution is 5.68. The van der Waals surface area contributed by atoms with Crippen molar-refractivity contribution in [2.24, 2.45) is 5.92 Å². The van der Waals surface area contributed by atoms with E-state index in [9.17, 15) is 4.79 Å². The van der Waals surface area contributed by atoms with Gasteiger partial charge < -0.3 is 15.0 Å². The van der Waals surface area contributed by atoms with Crippen LogP contribution in [-0.4, -0.2) is 42.3 Å². The predicted octanol–water partition coefficient (Wildman–Crippen LogP) is 1.85. The second kappa shape index (κ2) is 5.04. The highest BCUT2D eigenvalue weighted by Gasteiger charge is 2.31. The van der Waals surface area contributed by atoms with Gasteiger partial charge in [-0.3, -0.25) is 0 Å². The lowest BCUT2D eigenvalue weighted by Gasteiger charge is -2.39. The fraction of sp³-hybridized carbons (Fsp3) is 0.917. The molecule has 1 rings (SSSR count). The summed E-state index contributed by atoms with van der Waals surface area (Å²) in [6, 6.07) is 0.239. The van der Waals surface area contributed by atoms with Crippen LogP contribution >= 0.6 is 0 Å². The number of piperazine rings is 1. The molecule has 0 spiro atoms. The molecule has 16 heavy (non-hydrogen) atoms. The maximum atomic E-state index is 12.0. The van der Waals surface area contributed by atoms with E-state index in [4.69, 9.17) is 4.74 Å². The van der Waals surface area contributed by atoms with Crippen LogP contribution in [0.2, 0.25) is 0 Å². The van der Waals surface area contributed by atoms with Crippen LogP contribution in [0.5, 0.6) is 0 Å². The molecule has 1 aliphatic rings. The Morgan fingerprint density at radius 2 is 2.06 bits per heavy atom. The van der Waals surface area contributed by atoms with Crippen LogP contribution in [0, 0.1) is 5.92 Å². The Bertz CT molecular complexity index is 246. The average molecular weight is 228 g/mol. The largest absolute Gasteiger partial charge is 0.444 e. The minimum absolute atomic E-state index is 0.187. The molecule has 1 heterocycles. The summed E-state index contributed by atoms with van der Waals surface area (Å²) < 4.78 is 5.42. The Morgan fingerprint density at radius 1 is 1.44 bits per heavy atom. The molecule has 4 nitrogen and oxygen atoms in total. The van der Waals surface area contributed by atoms with E-state index >= 15 is 0 Å². The van der Waals surface area contributed by atoms with Gasteiger partial charge in [0, 0.05) is 25.7 Å². The summed E-state index contributed by atoms with van der Waals surface area (Å²) in [5.74, 6) is 0.445. The first-order chi connectivity index (χ1) is 7.31. The molecule has 0 saturated carbocycles. The van der Waals surface area contributed by atoms with Gasteiger partial charge in [0.1, 0.15) is 5.60 Å². The topological polar surface area (TPSA) is 41.6 Å². The van der Waals surface area contributed by atoms with Crippen LogP contribution in [0.1, 0.15) is 34.6 Å². The third kappa shape index (κ3) is 3.67. The highest BCUT2D eigenvalue weighted by atomic mass is 16.6. The fourth-order valence-corrected chi connectivity index (χ4v) is 1.87. The van der Waals surface area contributed by atoms with Crippen molar-refractivity contribution in [3.63, 3.8) is 0 Å². The summed E-state index contributed by atoms with van der Waals surface area (Å²) in [5, 5.41) is 3.31. The van der Waals surface area contributed by atoms with Gasteiger partial charge in [0.15, 0.2) is 0 Å². The van der Waals surface area contributed by atoms with Crippen LogP contribution in [0.3, 0.4) is 0 Å². The first kappa shape index (κ1) is 13.3. The summed E-state index contributed by atoms with van der Waals surface area (Å²) in [5.41, 5.74) is -0.413. The number of nitrogens with one attached hydrogen (secondary N) is 1. The van der Waals surface area contributed by atoms with Crippen molar-refractivity contribution < 1.29 is 9.53 Å². The average Bonchev–Trinajstić information content (AvgIpc) is 2.15. The van der Waals surface area contributed by atoms with E-state index in [1.807, 2.05) is 25.7 Å². The van der Waals surface area contributed by atoms with Crippen molar-refractivity contribution >= 4 is 6.09 Å². The van der Waals surface area contributed by atoms with Gasteiger partial charge >= 0.3 is 6.09 Å². The molecule has 0 aromatic carbocycles. The van der Waals surface area contributed by atoms with Crippen molar-refractivity contribution in [3.05, 3.63) is 0 Å². The zero-order valence-electron chi connectivity index (χ0n) is 11.0. The van der Waals surface area contributed by atoms with Crippen molar-refractivity contribution in [1.82, 2.24) is 10.2 Å². The molecule has 1 aliphatic heterocycles. The van der Waals surface area contributed by atoms with E-state index in [2.05, 4.69) is 19.2 Å². The number of amides is 1. The maximum Gasteiger partial charge on any atom is 0.410 e. The van der Waals surface area contributed by atoms with Gasteiger partial charge in [-0.1, -0.05) is 13.8 Å². The lowest BCUT2D eigenvalue weighted by molar-refractivity contribution is 0.00652. The van der Waals surface area contributed by atoms with Gasteiger partial charge in [-0.05, 0) is 26.7 Å². The van der Waals surface area contributed by atoms with Gasteiger partial charge in [-0.25, -0.2) is 4.79 Å². The second-order valence-electron chi connectivity index (χ2n) is 5.69. The van der Waals surface area contributed by atoms with Crippen LogP contribution in [-0.2, 0) is 4.74 Å². The number of hydrogen-bond acceptors (Lipinski definition) is 3. The van der Waals surface area contributed by atoms with E-state index in [1.165, 1.54) is 0 Å². The molecule has 0 bridgehead atoms. The summed E-state index contributed by atoms with van der Waals surface area (Å²) in [7, 11) is 0. The maximum absolute atomic E-state index is 12.0. The van der Waals surface area contributed by atoms with Crippen molar-refractivity contribution in [2.75, 3.05) is 19.6 Å². The van der Waals surface area contributed by atoms with Gasteiger partial charge in [0.2, 0.25) is 0 Å². The Morgan fingerprint density at radius 3 is 2.56 bits per heavy atom. The normalized spacial score (nSPS) is 22.4. The molecule has 0 unspecified atom stereocenters. The molecule has 0 aromatic rings. The molecule has 1 N–H and O–H groups in total. The van der Waals surface area contributed by atoms with Gasteiger partial charge in [-0.2, -0.15) is 0 Å². The smallest absolute Gasteiger partial charge is 0.410 e. The molecule has 4 heteroatoms. The first-order valence-electron chi connectivity index (χ1n) is 6.01. The van der Waals surface area contributed by atoms with Crippen molar-refractivity contribution in [1.29, 1.82) is 0 Å². The highest BCUT2D eigenvalue weighted by Crippen LogP contribution is 2.17. The number of carbonyl (C=O) groups is 1. The summed E-state index contributed by atoms with van der Waals surface area (Å²) >= 11 is 0. The molecule has 1 fully saturated rings. The number of carbonyl (C=O) groups excluding carboxylic acids is 1. The molecule has 0 radical (unpaired) electrons. The van der Waals surface area contributed by atoms with Crippen molar-refractivity contribution in [3.8, 4) is 0 Å². The molecule has 94 valence electrons. The lowest BCUT2D eigenvalue weighted by Crippen LogP contribution is -2.56. The fourth-order valence-electron chi connectivity index (χ4n) is 1.87. The Labute approximate surface area is 98.3 Å². The summed E-state index contributed by atoms with van der Waals surface area (Å²) in [6.45, 7) is 12.4. The Kier molecular flexibility index (Phi) is 4.19. The van der Waals surface area contributed by atoms with E-state index in [-0.39, 0.29) is 12.1 Å². The van der Waals surface area contributed by atoms with E-state index < -0.39 is 5.60 Å². The molecule has 1 amide bonds. The van der Waals surface area contributed by atoms with Gasteiger partial charge in [0.25, 0.3) is 0 Å². The zero-order chi connectivity index (χ0) is 12.3. The molecule has 1 atom stereocenters. The number of ether oxygens (including phenoxy) is 1. The van der Waals surface area contributed by atoms with Crippen LogP contribution < -0.4 is 5.32 Å². The molecule has 1 saturated heterocycles. The lowest BCUT2D eigenvalue weighted by atomic mass is 10.0. The van der Waals surface area contributed by atoms with Gasteiger partial charge in [-0.15, -0.1) is 0 Å². The number of nitrogens with zero attached hydrogens (tertiary/aromatic N) is 1. The van der Waals surface area contributed by atoms with E-state index in [0.29, 0.717) is 5.92 Å². The third-order valence-corrected chi connectivity index (χ3v) is 2.68. The standard InChI is InChI=1S/C12H24N2O2/c1-9(2)10-8-13-6-7-14(10)11(15)16-12(3,4)5/h9-10,13H,6-8H2,1-5H3/t10-/m0/s1. The molecule has 0 aromatic heterocycles. The number of hydrogen-bond donors (Lipinski definition) is 1.